The summed E-state index contributed by atoms with van der Waals surface area (Å²) in [4.78, 5) is 14.7. The quantitative estimate of drug-likeness (QED) is 0.620. The van der Waals surface area contributed by atoms with E-state index in [4.69, 9.17) is 5.26 Å². The third kappa shape index (κ3) is 2.33. The molecule has 1 aromatic heterocycles. The molecule has 0 atom stereocenters. The van der Waals surface area contributed by atoms with Gasteiger partial charge in [0, 0.05) is 0 Å². The molecule has 0 radical (unpaired) electrons. The molecular weight excluding hydrogens is 286 g/mol. The smallest absolute Gasteiger partial charge is 0.341 e. The van der Waals surface area contributed by atoms with E-state index in [0.29, 0.717) is 0 Å². The zero-order valence-corrected chi connectivity index (χ0v) is 9.59. The lowest BCUT2D eigenvalue weighted by atomic mass is 10.1. The fourth-order valence-electron chi connectivity index (χ4n) is 1.10. The third-order valence-electron chi connectivity index (χ3n) is 1.73. The fraction of sp³-hybridized carbons (Fsp3) is 0.222. The fourth-order valence-corrected chi connectivity index (χ4v) is 1.52. The zero-order chi connectivity index (χ0) is 12.3. The second kappa shape index (κ2) is 4.99. The Hall–Kier alpha value is -1.55. The van der Waals surface area contributed by atoms with Crippen molar-refractivity contribution in [1.82, 2.24) is 4.98 Å². The van der Waals surface area contributed by atoms with Gasteiger partial charge in [-0.1, -0.05) is 0 Å². The van der Waals surface area contributed by atoms with E-state index in [9.17, 15) is 13.6 Å². The first-order valence-electron chi connectivity index (χ1n) is 3.98. The number of nitrogens with zero attached hydrogens (tertiary/aromatic N) is 2. The second-order valence-corrected chi connectivity index (χ2v) is 3.47. The summed E-state index contributed by atoms with van der Waals surface area (Å²) >= 11 is 2.88. The van der Waals surface area contributed by atoms with Crippen LogP contribution in [0.2, 0.25) is 0 Å². The van der Waals surface area contributed by atoms with E-state index in [0.717, 1.165) is 7.11 Å². The summed E-state index contributed by atoms with van der Waals surface area (Å²) in [5.41, 5.74) is -1.47. The maximum atomic E-state index is 12.6. The minimum Gasteiger partial charge on any atom is -0.465 e. The van der Waals surface area contributed by atoms with Gasteiger partial charge in [-0.15, -0.1) is 0 Å². The van der Waals surface area contributed by atoms with Crippen molar-refractivity contribution in [3.63, 3.8) is 0 Å². The minimum atomic E-state index is -2.96. The molecule has 0 aliphatic carbocycles. The van der Waals surface area contributed by atoms with Crippen LogP contribution in [0, 0.1) is 11.3 Å². The number of ether oxygens (including phenoxy) is 1. The van der Waals surface area contributed by atoms with Gasteiger partial charge in [0.15, 0.2) is 0 Å². The number of esters is 1. The predicted molar refractivity (Wildman–Crippen MR) is 52.9 cm³/mol. The molecule has 84 valence electrons. The highest BCUT2D eigenvalue weighted by Crippen LogP contribution is 2.26. The number of rotatable bonds is 2. The lowest BCUT2D eigenvalue weighted by Gasteiger charge is -2.08. The number of hydrogen-bond acceptors (Lipinski definition) is 4. The Morgan fingerprint density at radius 2 is 2.31 bits per heavy atom. The highest BCUT2D eigenvalue weighted by atomic mass is 79.9. The monoisotopic (exact) mass is 290 g/mol. The van der Waals surface area contributed by atoms with Gasteiger partial charge in [-0.25, -0.2) is 18.6 Å². The van der Waals surface area contributed by atoms with E-state index >= 15 is 0 Å². The molecule has 0 N–H and O–H groups in total. The summed E-state index contributed by atoms with van der Waals surface area (Å²) in [6, 6.07) is 2.82. The van der Waals surface area contributed by atoms with Crippen LogP contribution < -0.4 is 0 Å². The molecule has 0 bridgehead atoms. The molecule has 7 heteroatoms. The van der Waals surface area contributed by atoms with Crippen molar-refractivity contribution in [2.24, 2.45) is 0 Å². The molecule has 0 saturated heterocycles. The number of carbonyl (C=O) groups is 1. The minimum absolute atomic E-state index is 0.0620. The van der Waals surface area contributed by atoms with Gasteiger partial charge in [-0.3, -0.25) is 0 Å². The van der Waals surface area contributed by atoms with Crippen LogP contribution >= 0.6 is 15.9 Å². The van der Waals surface area contributed by atoms with E-state index in [2.05, 4.69) is 25.7 Å². The lowest BCUT2D eigenvalue weighted by molar-refractivity contribution is 0.0586. The Morgan fingerprint density at radius 1 is 1.69 bits per heavy atom. The van der Waals surface area contributed by atoms with Gasteiger partial charge in [0.1, 0.15) is 21.9 Å². The SMILES string of the molecule is COC(=O)c1c(C#N)cc(Br)nc1C(F)F. The second-order valence-electron chi connectivity index (χ2n) is 2.66. The average Bonchev–Trinajstić information content (AvgIpc) is 2.26. The molecule has 0 unspecified atom stereocenters. The number of aromatic nitrogens is 1. The first kappa shape index (κ1) is 12.5. The molecule has 0 aliphatic heterocycles. The molecule has 1 rings (SSSR count). The normalized spacial score (nSPS) is 10.0. The van der Waals surface area contributed by atoms with Gasteiger partial charge < -0.3 is 4.74 Å². The molecule has 0 spiro atoms. The molecule has 0 aromatic carbocycles. The summed E-state index contributed by atoms with van der Waals surface area (Å²) in [7, 11) is 1.04. The van der Waals surface area contributed by atoms with Crippen LogP contribution in [0.3, 0.4) is 0 Å². The highest BCUT2D eigenvalue weighted by Gasteiger charge is 2.25. The number of methoxy groups -OCH3 is 1. The lowest BCUT2D eigenvalue weighted by Crippen LogP contribution is -2.11. The topological polar surface area (TPSA) is 63.0 Å². The largest absolute Gasteiger partial charge is 0.465 e. The Balaban J connectivity index is 3.53. The first-order chi connectivity index (χ1) is 7.51. The van der Waals surface area contributed by atoms with Crippen molar-refractivity contribution in [1.29, 1.82) is 5.26 Å². The summed E-state index contributed by atoms with van der Waals surface area (Å²) < 4.78 is 29.6. The zero-order valence-electron chi connectivity index (χ0n) is 8.00. The number of nitriles is 1. The van der Waals surface area contributed by atoms with Crippen molar-refractivity contribution < 1.29 is 18.3 Å². The highest BCUT2D eigenvalue weighted by molar-refractivity contribution is 9.10. The Morgan fingerprint density at radius 3 is 2.75 bits per heavy atom. The Bertz CT molecular complexity index is 471. The summed E-state index contributed by atoms with van der Waals surface area (Å²) in [5, 5.41) is 8.74. The van der Waals surface area contributed by atoms with E-state index in [1.165, 1.54) is 6.07 Å². The van der Waals surface area contributed by atoms with Crippen molar-refractivity contribution >= 4 is 21.9 Å². The van der Waals surface area contributed by atoms with Crippen LogP contribution in [0.25, 0.3) is 0 Å². The number of carbonyl (C=O) groups excluding carboxylic acids is 1. The van der Waals surface area contributed by atoms with Crippen LogP contribution in [0.4, 0.5) is 8.78 Å². The van der Waals surface area contributed by atoms with Crippen LogP contribution in [-0.4, -0.2) is 18.1 Å². The van der Waals surface area contributed by atoms with Gasteiger partial charge in [-0.2, -0.15) is 5.26 Å². The van der Waals surface area contributed by atoms with Crippen molar-refractivity contribution in [3.05, 3.63) is 27.5 Å². The van der Waals surface area contributed by atoms with Crippen molar-refractivity contribution in [3.8, 4) is 6.07 Å². The predicted octanol–water partition coefficient (Wildman–Crippen LogP) is 2.44. The van der Waals surface area contributed by atoms with Crippen LogP contribution in [0.15, 0.2) is 10.7 Å². The van der Waals surface area contributed by atoms with Gasteiger partial charge in [0.25, 0.3) is 6.43 Å². The first-order valence-corrected chi connectivity index (χ1v) is 4.77. The molecule has 0 aliphatic rings. The molecule has 1 heterocycles. The Kier molecular flexibility index (Phi) is 3.90. The van der Waals surface area contributed by atoms with E-state index in [1.54, 1.807) is 6.07 Å². The van der Waals surface area contributed by atoms with Crippen LogP contribution in [0.5, 0.6) is 0 Å². The molecule has 0 amide bonds. The van der Waals surface area contributed by atoms with E-state index in [-0.39, 0.29) is 10.2 Å². The molecule has 4 nitrogen and oxygen atoms in total. The third-order valence-corrected chi connectivity index (χ3v) is 2.14. The maximum Gasteiger partial charge on any atom is 0.341 e. The van der Waals surface area contributed by atoms with Crippen molar-refractivity contribution in [2.75, 3.05) is 7.11 Å². The van der Waals surface area contributed by atoms with Gasteiger partial charge in [-0.05, 0) is 22.0 Å². The summed E-state index contributed by atoms with van der Waals surface area (Å²) in [5.74, 6) is -1.01. The van der Waals surface area contributed by atoms with E-state index in [1.807, 2.05) is 0 Å². The standard InChI is InChI=1S/C9H5BrF2N2O2/c1-16-9(15)6-4(3-13)2-5(10)14-7(6)8(11)12/h2,8H,1H3. The Labute approximate surface area is 98.0 Å². The summed E-state index contributed by atoms with van der Waals surface area (Å²) in [6.45, 7) is 0. The number of alkyl halides is 2. The van der Waals surface area contributed by atoms with Gasteiger partial charge >= 0.3 is 5.97 Å². The van der Waals surface area contributed by atoms with E-state index < -0.39 is 23.7 Å². The van der Waals surface area contributed by atoms with Crippen LogP contribution in [0.1, 0.15) is 28.0 Å². The van der Waals surface area contributed by atoms with Crippen LogP contribution in [-0.2, 0) is 4.74 Å². The molecule has 0 saturated carbocycles. The molecule has 16 heavy (non-hydrogen) atoms. The molecule has 0 fully saturated rings. The average molecular weight is 291 g/mol. The van der Waals surface area contributed by atoms with Gasteiger partial charge in [0.05, 0.1) is 12.7 Å². The van der Waals surface area contributed by atoms with Gasteiger partial charge in [0.2, 0.25) is 0 Å². The number of halogens is 3. The number of pyridine rings is 1. The number of hydrogen-bond donors (Lipinski definition) is 0. The molecule has 1 aromatic rings. The summed E-state index contributed by atoms with van der Waals surface area (Å²) in [6.07, 6.45) is -2.96. The maximum absolute atomic E-state index is 12.6. The van der Waals surface area contributed by atoms with Crippen molar-refractivity contribution in [2.45, 2.75) is 6.43 Å². The molecular formula is C9H5BrF2N2O2.